The number of hydrogen-bond acceptors (Lipinski definition) is 4. The van der Waals surface area contributed by atoms with Crippen LogP contribution in [0.25, 0.3) is 0 Å². The lowest BCUT2D eigenvalue weighted by Gasteiger charge is -2.32. The average molecular weight is 312 g/mol. The smallest absolute Gasteiger partial charge is 0.244 e. The first kappa shape index (κ1) is 16.4. The maximum atomic E-state index is 12.5. The molecule has 1 aliphatic rings. The van der Waals surface area contributed by atoms with E-state index in [1.165, 1.54) is 10.5 Å². The zero-order valence-electron chi connectivity index (χ0n) is 12.7. The molecule has 0 spiro atoms. The van der Waals surface area contributed by atoms with E-state index in [-0.39, 0.29) is 11.0 Å². The van der Waals surface area contributed by atoms with Crippen LogP contribution in [0.2, 0.25) is 0 Å². The van der Waals surface area contributed by atoms with Crippen LogP contribution in [0.15, 0.2) is 29.4 Å². The van der Waals surface area contributed by atoms with Gasteiger partial charge in [-0.2, -0.15) is 4.31 Å². The molecule has 1 unspecified atom stereocenters. The van der Waals surface area contributed by atoms with Crippen molar-refractivity contribution in [3.8, 4) is 0 Å². The third-order valence-corrected chi connectivity index (χ3v) is 5.53. The van der Waals surface area contributed by atoms with Crippen LogP contribution in [0.1, 0.15) is 33.1 Å². The Morgan fingerprint density at radius 2 is 2.29 bits per heavy atom. The van der Waals surface area contributed by atoms with Crippen LogP contribution >= 0.6 is 0 Å². The monoisotopic (exact) mass is 312 g/mol. The highest BCUT2D eigenvalue weighted by molar-refractivity contribution is 7.89. The highest BCUT2D eigenvalue weighted by Crippen LogP contribution is 2.20. The number of nitrogens with zero attached hydrogens (tertiary/aromatic N) is 2. The molecule has 118 valence electrons. The fourth-order valence-corrected chi connectivity index (χ4v) is 3.91. The molecule has 1 saturated heterocycles. The molecule has 0 N–H and O–H groups in total. The van der Waals surface area contributed by atoms with Crippen LogP contribution in [-0.4, -0.2) is 43.5 Å². The summed E-state index contributed by atoms with van der Waals surface area (Å²) >= 11 is 0. The summed E-state index contributed by atoms with van der Waals surface area (Å²) in [6.07, 6.45) is 6.12. The zero-order valence-corrected chi connectivity index (χ0v) is 13.6. The van der Waals surface area contributed by atoms with Gasteiger partial charge < -0.3 is 4.74 Å². The van der Waals surface area contributed by atoms with Crippen molar-refractivity contribution in [3.05, 3.63) is 24.5 Å². The molecule has 2 heterocycles. The third-order valence-electron chi connectivity index (χ3n) is 3.68. The van der Waals surface area contributed by atoms with Crippen LogP contribution in [-0.2, 0) is 14.8 Å². The standard InChI is InChI=1S/C15H24N2O3S/c1-13(2)5-3-6-14-12-17(9-10-20-14)21(18,19)15-7-4-8-16-11-15/h4,7-8,11,13-14H,3,5-6,9-10,12H2,1-2H3. The summed E-state index contributed by atoms with van der Waals surface area (Å²) < 4.78 is 32.3. The second-order valence-electron chi connectivity index (χ2n) is 5.87. The maximum Gasteiger partial charge on any atom is 0.244 e. The van der Waals surface area contributed by atoms with Gasteiger partial charge in [0.25, 0.3) is 0 Å². The molecule has 1 aromatic rings. The van der Waals surface area contributed by atoms with Crippen molar-refractivity contribution in [2.45, 2.75) is 44.1 Å². The van der Waals surface area contributed by atoms with Crippen molar-refractivity contribution in [1.29, 1.82) is 0 Å². The van der Waals surface area contributed by atoms with Crippen LogP contribution in [0.3, 0.4) is 0 Å². The maximum absolute atomic E-state index is 12.5. The summed E-state index contributed by atoms with van der Waals surface area (Å²) in [5, 5.41) is 0. The van der Waals surface area contributed by atoms with Gasteiger partial charge in [0.15, 0.2) is 0 Å². The minimum Gasteiger partial charge on any atom is -0.375 e. The van der Waals surface area contributed by atoms with E-state index in [2.05, 4.69) is 18.8 Å². The van der Waals surface area contributed by atoms with Crippen molar-refractivity contribution >= 4 is 10.0 Å². The Balaban J connectivity index is 1.97. The van der Waals surface area contributed by atoms with Crippen LogP contribution < -0.4 is 0 Å². The van der Waals surface area contributed by atoms with E-state index in [1.807, 2.05) is 0 Å². The van der Waals surface area contributed by atoms with E-state index in [9.17, 15) is 8.42 Å². The van der Waals surface area contributed by atoms with Gasteiger partial charge in [-0.25, -0.2) is 8.42 Å². The molecule has 0 saturated carbocycles. The summed E-state index contributed by atoms with van der Waals surface area (Å²) in [4.78, 5) is 4.15. The Morgan fingerprint density at radius 1 is 1.48 bits per heavy atom. The predicted octanol–water partition coefficient (Wildman–Crippen LogP) is 2.30. The molecule has 6 heteroatoms. The molecular weight excluding hydrogens is 288 g/mol. The van der Waals surface area contributed by atoms with Gasteiger partial charge in [-0.3, -0.25) is 4.98 Å². The number of pyridine rings is 1. The van der Waals surface area contributed by atoms with Gasteiger partial charge in [0, 0.05) is 25.5 Å². The van der Waals surface area contributed by atoms with E-state index in [1.54, 1.807) is 18.3 Å². The van der Waals surface area contributed by atoms with Gasteiger partial charge in [-0.05, 0) is 24.5 Å². The van der Waals surface area contributed by atoms with Crippen molar-refractivity contribution < 1.29 is 13.2 Å². The summed E-state index contributed by atoms with van der Waals surface area (Å²) in [5.41, 5.74) is 0. The highest BCUT2D eigenvalue weighted by atomic mass is 32.2. The quantitative estimate of drug-likeness (QED) is 0.808. The van der Waals surface area contributed by atoms with E-state index >= 15 is 0 Å². The van der Waals surface area contributed by atoms with Crippen LogP contribution in [0, 0.1) is 5.92 Å². The van der Waals surface area contributed by atoms with E-state index in [0.29, 0.717) is 25.6 Å². The molecule has 0 bridgehead atoms. The Kier molecular flexibility index (Phi) is 5.72. The minimum absolute atomic E-state index is 0.00365. The van der Waals surface area contributed by atoms with Crippen molar-refractivity contribution in [2.24, 2.45) is 5.92 Å². The lowest BCUT2D eigenvalue weighted by atomic mass is 10.0. The fourth-order valence-electron chi connectivity index (χ4n) is 2.49. The van der Waals surface area contributed by atoms with Crippen LogP contribution in [0.5, 0.6) is 0 Å². The van der Waals surface area contributed by atoms with Crippen molar-refractivity contribution in [3.63, 3.8) is 0 Å². The lowest BCUT2D eigenvalue weighted by Crippen LogP contribution is -2.45. The molecule has 1 aliphatic heterocycles. The van der Waals surface area contributed by atoms with Gasteiger partial charge >= 0.3 is 0 Å². The number of ether oxygens (including phenoxy) is 1. The first-order valence-corrected chi connectivity index (χ1v) is 8.96. The average Bonchev–Trinajstić information content (AvgIpc) is 2.48. The Bertz CT molecular complexity index is 531. The second kappa shape index (κ2) is 7.33. The first-order chi connectivity index (χ1) is 10.00. The summed E-state index contributed by atoms with van der Waals surface area (Å²) in [7, 11) is -3.45. The molecule has 1 atom stereocenters. The van der Waals surface area contributed by atoms with Crippen molar-refractivity contribution in [1.82, 2.24) is 9.29 Å². The number of rotatable bonds is 6. The summed E-state index contributed by atoms with van der Waals surface area (Å²) in [6.45, 7) is 5.71. The molecule has 0 radical (unpaired) electrons. The lowest BCUT2D eigenvalue weighted by molar-refractivity contribution is -0.00708. The van der Waals surface area contributed by atoms with E-state index < -0.39 is 10.0 Å². The fraction of sp³-hybridized carbons (Fsp3) is 0.667. The molecule has 5 nitrogen and oxygen atoms in total. The van der Waals surface area contributed by atoms with Gasteiger partial charge in [0.05, 0.1) is 12.7 Å². The Morgan fingerprint density at radius 3 is 2.95 bits per heavy atom. The van der Waals surface area contributed by atoms with Crippen LogP contribution in [0.4, 0.5) is 0 Å². The highest BCUT2D eigenvalue weighted by Gasteiger charge is 2.30. The topological polar surface area (TPSA) is 59.5 Å². The third kappa shape index (κ3) is 4.49. The molecule has 0 aromatic carbocycles. The molecule has 0 amide bonds. The normalized spacial score (nSPS) is 20.8. The van der Waals surface area contributed by atoms with E-state index in [4.69, 9.17) is 4.74 Å². The van der Waals surface area contributed by atoms with E-state index in [0.717, 1.165) is 19.3 Å². The largest absolute Gasteiger partial charge is 0.375 e. The molecular formula is C15H24N2O3S. The SMILES string of the molecule is CC(C)CCCC1CN(S(=O)(=O)c2cccnc2)CCO1. The molecule has 0 aliphatic carbocycles. The molecule has 1 fully saturated rings. The molecule has 2 rings (SSSR count). The number of sulfonamides is 1. The predicted molar refractivity (Wildman–Crippen MR) is 81.4 cm³/mol. The van der Waals surface area contributed by atoms with Gasteiger partial charge in [-0.15, -0.1) is 0 Å². The summed E-state index contributed by atoms with van der Waals surface area (Å²) in [6, 6.07) is 3.24. The Hall–Kier alpha value is -0.980. The zero-order chi connectivity index (χ0) is 15.3. The van der Waals surface area contributed by atoms with Gasteiger partial charge in [0.2, 0.25) is 10.0 Å². The minimum atomic E-state index is -3.45. The molecule has 1 aromatic heterocycles. The van der Waals surface area contributed by atoms with Gasteiger partial charge in [0.1, 0.15) is 4.90 Å². The number of aromatic nitrogens is 1. The Labute approximate surface area is 127 Å². The van der Waals surface area contributed by atoms with Gasteiger partial charge in [-0.1, -0.05) is 26.7 Å². The van der Waals surface area contributed by atoms with Crippen molar-refractivity contribution in [2.75, 3.05) is 19.7 Å². The first-order valence-electron chi connectivity index (χ1n) is 7.52. The molecule has 21 heavy (non-hydrogen) atoms. The number of hydrogen-bond donors (Lipinski definition) is 0. The summed E-state index contributed by atoms with van der Waals surface area (Å²) in [5.74, 6) is 0.670. The number of morpholine rings is 1. The second-order valence-corrected chi connectivity index (χ2v) is 7.81.